The van der Waals surface area contributed by atoms with Gasteiger partial charge in [0.1, 0.15) is 6.61 Å². The number of amidine groups is 1. The maximum absolute atomic E-state index is 13.4. The van der Waals surface area contributed by atoms with Crippen molar-refractivity contribution in [2.24, 2.45) is 4.99 Å². The summed E-state index contributed by atoms with van der Waals surface area (Å²) < 4.78 is 68.9. The van der Waals surface area contributed by atoms with Gasteiger partial charge in [0.15, 0.2) is 15.0 Å². The highest BCUT2D eigenvalue weighted by Crippen LogP contribution is 2.45. The number of rotatable bonds is 3. The molecule has 2 heterocycles. The molecule has 0 aromatic heterocycles. The number of carbonyl (C=O) groups is 1. The fourth-order valence-corrected chi connectivity index (χ4v) is 6.96. The molecule has 1 aromatic carbocycles. The molecule has 0 bridgehead atoms. The second kappa shape index (κ2) is 6.86. The molecule has 11 heteroatoms. The second-order valence-corrected chi connectivity index (χ2v) is 9.27. The minimum atomic E-state index is -4.63. The summed E-state index contributed by atoms with van der Waals surface area (Å²) in [6.07, 6.45) is -4.63. The van der Waals surface area contributed by atoms with Crippen LogP contribution < -0.4 is 4.90 Å². The number of fused-ring (bicyclic) bond motifs is 1. The van der Waals surface area contributed by atoms with Crippen molar-refractivity contribution in [2.75, 3.05) is 30.1 Å². The Balaban J connectivity index is 2.09. The number of alkyl halides is 3. The Bertz CT molecular complexity index is 855. The number of benzene rings is 1. The van der Waals surface area contributed by atoms with Crippen LogP contribution in [0.25, 0.3) is 0 Å². The lowest BCUT2D eigenvalue weighted by molar-refractivity contribution is -0.137. The smallest absolute Gasteiger partial charge is 0.375 e. The van der Waals surface area contributed by atoms with Crippen molar-refractivity contribution in [1.29, 1.82) is 0 Å². The van der Waals surface area contributed by atoms with E-state index < -0.39 is 38.8 Å². The predicted octanol–water partition coefficient (Wildman–Crippen LogP) is 1.95. The maximum atomic E-state index is 13.4. The third kappa shape index (κ3) is 3.74. The summed E-state index contributed by atoms with van der Waals surface area (Å²) in [7, 11) is -2.06. The molecule has 0 aliphatic carbocycles. The Kier molecular flexibility index (Phi) is 5.06. The Morgan fingerprint density at radius 2 is 2.04 bits per heavy atom. The van der Waals surface area contributed by atoms with E-state index in [1.165, 1.54) is 30.2 Å². The molecule has 1 amide bonds. The molecule has 0 N–H and O–H groups in total. The third-order valence-corrected chi connectivity index (χ3v) is 7.23. The molecule has 1 aromatic rings. The zero-order valence-corrected chi connectivity index (χ0v) is 15.2. The molecule has 26 heavy (non-hydrogen) atoms. The van der Waals surface area contributed by atoms with Gasteiger partial charge in [-0.15, -0.1) is 0 Å². The summed E-state index contributed by atoms with van der Waals surface area (Å²) in [4.78, 5) is 16.9. The Morgan fingerprint density at radius 3 is 2.69 bits per heavy atom. The molecule has 2 fully saturated rings. The van der Waals surface area contributed by atoms with Crippen LogP contribution in [-0.4, -0.2) is 56.0 Å². The van der Waals surface area contributed by atoms with Gasteiger partial charge in [0.25, 0.3) is 5.91 Å². The normalized spacial score (nSPS) is 26.3. The summed E-state index contributed by atoms with van der Waals surface area (Å²) in [6, 6.07) is 4.16. The van der Waals surface area contributed by atoms with E-state index in [0.29, 0.717) is 0 Å². The van der Waals surface area contributed by atoms with E-state index in [4.69, 9.17) is 4.74 Å². The number of para-hydroxylation sites is 1. The maximum Gasteiger partial charge on any atom is 0.418 e. The Labute approximate surface area is 152 Å². The van der Waals surface area contributed by atoms with Gasteiger partial charge in [-0.05, 0) is 12.1 Å². The molecular weight excluding hydrogens is 393 g/mol. The Hall–Kier alpha value is -1.59. The number of carbonyl (C=O) groups excluding carboxylic acids is 1. The number of nitrogens with zero attached hydrogens (tertiary/aromatic N) is 2. The first-order valence-electron chi connectivity index (χ1n) is 7.55. The molecule has 2 aliphatic heterocycles. The lowest BCUT2D eigenvalue weighted by atomic mass is 10.1. The van der Waals surface area contributed by atoms with Crippen molar-refractivity contribution >= 4 is 38.4 Å². The second-order valence-electron chi connectivity index (χ2n) is 5.91. The van der Waals surface area contributed by atoms with E-state index in [-0.39, 0.29) is 29.0 Å². The van der Waals surface area contributed by atoms with E-state index >= 15 is 0 Å². The number of halogens is 3. The number of hydrogen-bond acceptors (Lipinski definition) is 5. The molecule has 0 saturated carbocycles. The molecule has 2 atom stereocenters. The number of aliphatic imine (C=N–C) groups is 1. The van der Waals surface area contributed by atoms with Gasteiger partial charge in [0, 0.05) is 12.4 Å². The van der Waals surface area contributed by atoms with Crippen LogP contribution >= 0.6 is 11.8 Å². The van der Waals surface area contributed by atoms with Crippen molar-refractivity contribution in [3.05, 3.63) is 29.8 Å². The average Bonchev–Trinajstić information content (AvgIpc) is 2.97. The molecule has 0 radical (unpaired) electrons. The first kappa shape index (κ1) is 19.2. The van der Waals surface area contributed by atoms with E-state index in [2.05, 4.69) is 4.99 Å². The molecular formula is C15H15F3N2O4S2. The highest BCUT2D eigenvalue weighted by molar-refractivity contribution is 8.16. The third-order valence-electron chi connectivity index (χ3n) is 4.02. The fourth-order valence-electron chi connectivity index (χ4n) is 3.03. The number of thioether (sulfide) groups is 1. The van der Waals surface area contributed by atoms with Crippen LogP contribution in [-0.2, 0) is 25.5 Å². The lowest BCUT2D eigenvalue weighted by Gasteiger charge is -2.27. The molecule has 2 saturated heterocycles. The standard InChI is InChI=1S/C15H15F3N2O4S2/c1-24-6-13(21)19-14-20(11-7-26(22,23)8-12(11)25-14)10-5-3-2-4-9(10)15(16,17)18/h2-5,11-12H,6-8H2,1H3/t11-,12-/m0/s1. The van der Waals surface area contributed by atoms with E-state index in [1.54, 1.807) is 0 Å². The molecule has 0 unspecified atom stereocenters. The van der Waals surface area contributed by atoms with Gasteiger partial charge >= 0.3 is 6.18 Å². The summed E-state index contributed by atoms with van der Waals surface area (Å²) in [5, 5.41) is -0.413. The Morgan fingerprint density at radius 1 is 1.35 bits per heavy atom. The molecule has 3 rings (SSSR count). The van der Waals surface area contributed by atoms with Gasteiger partial charge in [-0.25, -0.2) is 8.42 Å². The molecule has 6 nitrogen and oxygen atoms in total. The average molecular weight is 408 g/mol. The van der Waals surface area contributed by atoms with Crippen LogP contribution in [0.3, 0.4) is 0 Å². The molecule has 142 valence electrons. The van der Waals surface area contributed by atoms with Gasteiger partial charge in [0.2, 0.25) is 0 Å². The van der Waals surface area contributed by atoms with Crippen LogP contribution in [0.2, 0.25) is 0 Å². The summed E-state index contributed by atoms with van der Waals surface area (Å²) in [6.45, 7) is -0.313. The number of ether oxygens (including phenoxy) is 1. The quantitative estimate of drug-likeness (QED) is 0.761. The predicted molar refractivity (Wildman–Crippen MR) is 92.1 cm³/mol. The van der Waals surface area contributed by atoms with Crippen LogP contribution in [0, 0.1) is 0 Å². The van der Waals surface area contributed by atoms with Crippen molar-refractivity contribution in [2.45, 2.75) is 17.5 Å². The van der Waals surface area contributed by atoms with Crippen molar-refractivity contribution in [3.8, 4) is 0 Å². The van der Waals surface area contributed by atoms with Crippen molar-refractivity contribution in [1.82, 2.24) is 0 Å². The largest absolute Gasteiger partial charge is 0.418 e. The highest BCUT2D eigenvalue weighted by atomic mass is 32.2. The van der Waals surface area contributed by atoms with Crippen LogP contribution in [0.1, 0.15) is 5.56 Å². The highest BCUT2D eigenvalue weighted by Gasteiger charge is 2.51. The summed E-state index contributed by atoms with van der Waals surface area (Å²) in [5.74, 6) is -1.09. The van der Waals surface area contributed by atoms with E-state index in [0.717, 1.165) is 17.8 Å². The van der Waals surface area contributed by atoms with Gasteiger partial charge in [0.05, 0.1) is 28.8 Å². The minimum absolute atomic E-state index is 0.0636. The first-order chi connectivity index (χ1) is 12.1. The number of methoxy groups -OCH3 is 1. The monoisotopic (exact) mass is 408 g/mol. The summed E-state index contributed by atoms with van der Waals surface area (Å²) in [5.41, 5.74) is -1.11. The lowest BCUT2D eigenvalue weighted by Crippen LogP contribution is -2.39. The minimum Gasteiger partial charge on any atom is -0.375 e. The van der Waals surface area contributed by atoms with Gasteiger partial charge < -0.3 is 9.64 Å². The van der Waals surface area contributed by atoms with Crippen LogP contribution in [0.5, 0.6) is 0 Å². The van der Waals surface area contributed by atoms with Crippen molar-refractivity contribution < 1.29 is 31.1 Å². The zero-order chi connectivity index (χ0) is 19.1. The fraction of sp³-hybridized carbons (Fsp3) is 0.467. The SMILES string of the molecule is COCC(=O)N=C1S[C@H]2CS(=O)(=O)C[C@@H]2N1c1ccccc1C(F)(F)F. The van der Waals surface area contributed by atoms with Crippen LogP contribution in [0.4, 0.5) is 18.9 Å². The van der Waals surface area contributed by atoms with Crippen LogP contribution in [0.15, 0.2) is 29.3 Å². The zero-order valence-electron chi connectivity index (χ0n) is 13.6. The summed E-state index contributed by atoms with van der Waals surface area (Å²) >= 11 is 1.01. The number of hydrogen-bond donors (Lipinski definition) is 0. The molecule has 0 spiro atoms. The topological polar surface area (TPSA) is 76.0 Å². The van der Waals surface area contributed by atoms with Gasteiger partial charge in [-0.2, -0.15) is 18.2 Å². The van der Waals surface area contributed by atoms with Gasteiger partial charge in [-0.3, -0.25) is 4.79 Å². The van der Waals surface area contributed by atoms with Crippen molar-refractivity contribution in [3.63, 3.8) is 0 Å². The molecule has 2 aliphatic rings. The van der Waals surface area contributed by atoms with Gasteiger partial charge in [-0.1, -0.05) is 23.9 Å². The number of amides is 1. The number of sulfone groups is 1. The van der Waals surface area contributed by atoms with E-state index in [1.807, 2.05) is 0 Å². The first-order valence-corrected chi connectivity index (χ1v) is 10.3. The number of anilines is 1. The van der Waals surface area contributed by atoms with E-state index in [9.17, 15) is 26.4 Å².